The van der Waals surface area contributed by atoms with Gasteiger partial charge in [-0.2, -0.15) is 0 Å². The molecule has 2 aromatic carbocycles. The third kappa shape index (κ3) is 6.01. The number of ether oxygens (including phenoxy) is 2. The maximum absolute atomic E-state index is 9.32. The SMILES string of the molecule is CCOc1cc(CN[C@H](CC)CO)cc(Br)c1OCc1cccc(C)c1. The van der Waals surface area contributed by atoms with Crippen LogP contribution in [0.15, 0.2) is 40.9 Å². The Morgan fingerprint density at radius 1 is 1.12 bits per heavy atom. The lowest BCUT2D eigenvalue weighted by atomic mass is 10.1. The van der Waals surface area contributed by atoms with E-state index in [1.54, 1.807) is 0 Å². The molecule has 0 saturated carbocycles. The summed E-state index contributed by atoms with van der Waals surface area (Å²) in [5.41, 5.74) is 3.42. The van der Waals surface area contributed by atoms with Gasteiger partial charge in [0.15, 0.2) is 11.5 Å². The van der Waals surface area contributed by atoms with Gasteiger partial charge in [-0.1, -0.05) is 36.8 Å². The lowest BCUT2D eigenvalue weighted by molar-refractivity contribution is 0.238. The fourth-order valence-electron chi connectivity index (χ4n) is 2.68. The van der Waals surface area contributed by atoms with Crippen LogP contribution in [0.4, 0.5) is 0 Å². The first-order valence-electron chi connectivity index (χ1n) is 9.05. The van der Waals surface area contributed by atoms with Crippen LogP contribution in [0.2, 0.25) is 0 Å². The van der Waals surface area contributed by atoms with Crippen molar-refractivity contribution in [3.8, 4) is 11.5 Å². The number of aryl methyl sites for hydroxylation is 1. The van der Waals surface area contributed by atoms with Gasteiger partial charge in [0.2, 0.25) is 0 Å². The number of rotatable bonds is 10. The summed E-state index contributed by atoms with van der Waals surface area (Å²) in [6, 6.07) is 12.4. The van der Waals surface area contributed by atoms with Crippen LogP contribution in [0, 0.1) is 6.92 Å². The highest BCUT2D eigenvalue weighted by Gasteiger charge is 2.13. The first kappa shape index (κ1) is 20.7. The molecule has 5 heteroatoms. The second-order valence-electron chi connectivity index (χ2n) is 6.28. The lowest BCUT2D eigenvalue weighted by Gasteiger charge is -2.18. The zero-order chi connectivity index (χ0) is 18.9. The Morgan fingerprint density at radius 3 is 2.58 bits per heavy atom. The minimum atomic E-state index is 0.0987. The standard InChI is InChI=1S/C21H28BrNO3/c1-4-18(13-24)23-12-17-10-19(22)21(20(11-17)25-5-2)26-14-16-8-6-7-15(3)9-16/h6-11,18,23-24H,4-5,12-14H2,1-3H3/t18-/m1/s1. The van der Waals surface area contributed by atoms with Gasteiger partial charge in [0, 0.05) is 12.6 Å². The van der Waals surface area contributed by atoms with Crippen molar-refractivity contribution in [1.29, 1.82) is 0 Å². The molecule has 1 atom stereocenters. The molecule has 2 aromatic rings. The van der Waals surface area contributed by atoms with Gasteiger partial charge in [-0.3, -0.25) is 0 Å². The van der Waals surface area contributed by atoms with Gasteiger partial charge in [0.1, 0.15) is 6.61 Å². The van der Waals surface area contributed by atoms with Crippen molar-refractivity contribution >= 4 is 15.9 Å². The van der Waals surface area contributed by atoms with Crippen molar-refractivity contribution < 1.29 is 14.6 Å². The third-order valence-electron chi connectivity index (χ3n) is 4.14. The highest BCUT2D eigenvalue weighted by Crippen LogP contribution is 2.37. The first-order valence-corrected chi connectivity index (χ1v) is 9.84. The number of hydrogen-bond acceptors (Lipinski definition) is 4. The number of aliphatic hydroxyl groups excluding tert-OH is 1. The fraction of sp³-hybridized carbons (Fsp3) is 0.429. The van der Waals surface area contributed by atoms with Crippen LogP contribution in [-0.2, 0) is 13.2 Å². The van der Waals surface area contributed by atoms with Crippen LogP contribution < -0.4 is 14.8 Å². The van der Waals surface area contributed by atoms with E-state index in [9.17, 15) is 5.11 Å². The third-order valence-corrected chi connectivity index (χ3v) is 4.73. The molecule has 0 aliphatic carbocycles. The van der Waals surface area contributed by atoms with Crippen LogP contribution in [0.5, 0.6) is 11.5 Å². The predicted molar refractivity (Wildman–Crippen MR) is 109 cm³/mol. The molecular formula is C21H28BrNO3. The summed E-state index contributed by atoms with van der Waals surface area (Å²) in [7, 11) is 0. The Hall–Kier alpha value is -1.56. The second-order valence-corrected chi connectivity index (χ2v) is 7.14. The van der Waals surface area contributed by atoms with E-state index in [4.69, 9.17) is 9.47 Å². The van der Waals surface area contributed by atoms with E-state index in [0.29, 0.717) is 25.5 Å². The maximum Gasteiger partial charge on any atom is 0.175 e. The summed E-state index contributed by atoms with van der Waals surface area (Å²) >= 11 is 3.62. The molecule has 0 fully saturated rings. The normalized spacial score (nSPS) is 12.0. The van der Waals surface area contributed by atoms with Gasteiger partial charge < -0.3 is 19.9 Å². The predicted octanol–water partition coefficient (Wildman–Crippen LogP) is 4.60. The topological polar surface area (TPSA) is 50.7 Å². The monoisotopic (exact) mass is 421 g/mol. The van der Waals surface area contributed by atoms with Crippen molar-refractivity contribution in [3.63, 3.8) is 0 Å². The van der Waals surface area contributed by atoms with Crippen LogP contribution in [0.25, 0.3) is 0 Å². The van der Waals surface area contributed by atoms with Crippen molar-refractivity contribution in [2.75, 3.05) is 13.2 Å². The highest BCUT2D eigenvalue weighted by atomic mass is 79.9. The lowest BCUT2D eigenvalue weighted by Crippen LogP contribution is -2.31. The molecule has 2 N–H and O–H groups in total. The van der Waals surface area contributed by atoms with Gasteiger partial charge in [-0.25, -0.2) is 0 Å². The minimum Gasteiger partial charge on any atom is -0.490 e. The molecular weight excluding hydrogens is 394 g/mol. The summed E-state index contributed by atoms with van der Waals surface area (Å²) in [5, 5.41) is 12.7. The average Bonchev–Trinajstić information content (AvgIpc) is 2.62. The molecule has 4 nitrogen and oxygen atoms in total. The smallest absolute Gasteiger partial charge is 0.175 e. The van der Waals surface area contributed by atoms with E-state index < -0.39 is 0 Å². The Labute approximate surface area is 164 Å². The zero-order valence-corrected chi connectivity index (χ0v) is 17.3. The summed E-state index contributed by atoms with van der Waals surface area (Å²) in [5.74, 6) is 1.44. The second kappa shape index (κ2) is 10.6. The average molecular weight is 422 g/mol. The van der Waals surface area contributed by atoms with Crippen molar-refractivity contribution in [1.82, 2.24) is 5.32 Å². The van der Waals surface area contributed by atoms with Gasteiger partial charge in [0.05, 0.1) is 17.7 Å². The Morgan fingerprint density at radius 2 is 1.92 bits per heavy atom. The molecule has 0 amide bonds. The van der Waals surface area contributed by atoms with E-state index >= 15 is 0 Å². The molecule has 0 unspecified atom stereocenters. The Balaban J connectivity index is 2.14. The van der Waals surface area contributed by atoms with Crippen LogP contribution in [0.3, 0.4) is 0 Å². The molecule has 0 aromatic heterocycles. The minimum absolute atomic E-state index is 0.0987. The molecule has 0 aliphatic rings. The summed E-state index contributed by atoms with van der Waals surface area (Å²) in [4.78, 5) is 0. The van der Waals surface area contributed by atoms with E-state index in [1.807, 2.05) is 25.1 Å². The van der Waals surface area contributed by atoms with Gasteiger partial charge in [0.25, 0.3) is 0 Å². The molecule has 0 bridgehead atoms. The molecule has 0 spiro atoms. The first-order chi connectivity index (χ1) is 12.6. The van der Waals surface area contributed by atoms with Crippen LogP contribution >= 0.6 is 15.9 Å². The summed E-state index contributed by atoms with van der Waals surface area (Å²) in [6.45, 7) is 7.94. The summed E-state index contributed by atoms with van der Waals surface area (Å²) in [6.07, 6.45) is 0.883. The van der Waals surface area contributed by atoms with Crippen molar-refractivity contribution in [3.05, 3.63) is 57.6 Å². The van der Waals surface area contributed by atoms with E-state index in [0.717, 1.165) is 27.8 Å². The number of benzene rings is 2. The molecule has 142 valence electrons. The zero-order valence-electron chi connectivity index (χ0n) is 15.7. The molecule has 0 heterocycles. The number of aliphatic hydroxyl groups is 1. The number of nitrogens with one attached hydrogen (secondary N) is 1. The highest BCUT2D eigenvalue weighted by molar-refractivity contribution is 9.10. The van der Waals surface area contributed by atoms with E-state index in [-0.39, 0.29) is 12.6 Å². The Bertz CT molecular complexity index is 702. The van der Waals surface area contributed by atoms with Crippen LogP contribution in [-0.4, -0.2) is 24.4 Å². The van der Waals surface area contributed by atoms with Crippen molar-refractivity contribution in [2.24, 2.45) is 0 Å². The molecule has 2 rings (SSSR count). The summed E-state index contributed by atoms with van der Waals surface area (Å²) < 4.78 is 12.7. The van der Waals surface area contributed by atoms with Crippen LogP contribution in [0.1, 0.15) is 37.0 Å². The Kier molecular flexibility index (Phi) is 8.42. The largest absolute Gasteiger partial charge is 0.490 e. The fourth-order valence-corrected chi connectivity index (χ4v) is 3.29. The van der Waals surface area contributed by atoms with E-state index in [1.165, 1.54) is 5.56 Å². The number of hydrogen-bond donors (Lipinski definition) is 2. The number of halogens is 1. The molecule has 0 saturated heterocycles. The molecule has 26 heavy (non-hydrogen) atoms. The quantitative estimate of drug-likeness (QED) is 0.588. The van der Waals surface area contributed by atoms with Gasteiger partial charge >= 0.3 is 0 Å². The van der Waals surface area contributed by atoms with Crippen molar-refractivity contribution in [2.45, 2.75) is 46.4 Å². The van der Waals surface area contributed by atoms with Gasteiger partial charge in [-0.15, -0.1) is 0 Å². The van der Waals surface area contributed by atoms with E-state index in [2.05, 4.69) is 53.3 Å². The molecule has 0 aliphatic heterocycles. The van der Waals surface area contributed by atoms with Gasteiger partial charge in [-0.05, 0) is 59.5 Å². The maximum atomic E-state index is 9.32. The molecule has 0 radical (unpaired) electrons.